The third kappa shape index (κ3) is 2.75. The minimum Gasteiger partial charge on any atom is -0.377 e. The van der Waals surface area contributed by atoms with Gasteiger partial charge in [-0.05, 0) is 18.6 Å². The third-order valence-electron chi connectivity index (χ3n) is 2.85. The second-order valence-electron chi connectivity index (χ2n) is 4.30. The van der Waals surface area contributed by atoms with Crippen LogP contribution in [0.5, 0.6) is 0 Å². The standard InChI is InChI=1S/C14H15F2N3O/c1-8-4-5-9(14(16)13(8)15)10-6-11(17-2)19-12(18-10)7-20-3/h4-6H,7H2,1-3H3,(H,17,18,19). The van der Waals surface area contributed by atoms with Crippen molar-refractivity contribution in [3.05, 3.63) is 41.2 Å². The van der Waals surface area contributed by atoms with Crippen molar-refractivity contribution in [2.45, 2.75) is 13.5 Å². The van der Waals surface area contributed by atoms with Gasteiger partial charge in [0.05, 0.1) is 5.69 Å². The molecule has 1 aromatic heterocycles. The van der Waals surface area contributed by atoms with Crippen molar-refractivity contribution >= 4 is 5.82 Å². The molecule has 0 aliphatic carbocycles. The lowest BCUT2D eigenvalue weighted by molar-refractivity contribution is 0.178. The first-order chi connectivity index (χ1) is 9.56. The van der Waals surface area contributed by atoms with Gasteiger partial charge >= 0.3 is 0 Å². The minimum absolute atomic E-state index is 0.101. The number of methoxy groups -OCH3 is 1. The van der Waals surface area contributed by atoms with E-state index in [1.54, 1.807) is 13.1 Å². The van der Waals surface area contributed by atoms with E-state index < -0.39 is 11.6 Å². The highest BCUT2D eigenvalue weighted by Gasteiger charge is 2.15. The first kappa shape index (κ1) is 14.3. The van der Waals surface area contributed by atoms with Crippen LogP contribution in [0.15, 0.2) is 18.2 Å². The van der Waals surface area contributed by atoms with E-state index in [9.17, 15) is 8.78 Å². The Hall–Kier alpha value is -2.08. The van der Waals surface area contributed by atoms with Crippen molar-refractivity contribution in [2.75, 3.05) is 19.5 Å². The smallest absolute Gasteiger partial charge is 0.168 e. The predicted octanol–water partition coefficient (Wildman–Crippen LogP) is 2.92. The zero-order valence-corrected chi connectivity index (χ0v) is 11.5. The molecule has 0 fully saturated rings. The molecule has 1 N–H and O–H groups in total. The molecule has 0 aliphatic heterocycles. The number of aromatic nitrogens is 2. The Morgan fingerprint density at radius 2 is 1.95 bits per heavy atom. The van der Waals surface area contributed by atoms with E-state index in [1.165, 1.54) is 26.2 Å². The highest BCUT2D eigenvalue weighted by molar-refractivity contribution is 5.63. The molecule has 106 valence electrons. The van der Waals surface area contributed by atoms with Gasteiger partial charge in [-0.2, -0.15) is 0 Å². The Bertz CT molecular complexity index is 632. The van der Waals surface area contributed by atoms with Gasteiger partial charge in [-0.1, -0.05) is 6.07 Å². The van der Waals surface area contributed by atoms with Gasteiger partial charge in [-0.15, -0.1) is 0 Å². The van der Waals surface area contributed by atoms with Crippen LogP contribution < -0.4 is 5.32 Å². The fraction of sp³-hybridized carbons (Fsp3) is 0.286. The Kier molecular flexibility index (Phi) is 4.24. The number of nitrogens with one attached hydrogen (secondary N) is 1. The quantitative estimate of drug-likeness (QED) is 0.934. The summed E-state index contributed by atoms with van der Waals surface area (Å²) in [5.41, 5.74) is 0.670. The SMILES string of the molecule is CNc1cc(-c2ccc(C)c(F)c2F)nc(COC)n1. The highest BCUT2D eigenvalue weighted by atomic mass is 19.2. The summed E-state index contributed by atoms with van der Waals surface area (Å²) in [6, 6.07) is 4.59. The largest absolute Gasteiger partial charge is 0.377 e. The number of rotatable bonds is 4. The molecule has 0 saturated heterocycles. The Labute approximate surface area is 115 Å². The molecule has 0 radical (unpaired) electrons. The summed E-state index contributed by atoms with van der Waals surface area (Å²) in [5.74, 6) is -0.855. The molecule has 0 amide bonds. The molecule has 0 bridgehead atoms. The summed E-state index contributed by atoms with van der Waals surface area (Å²) in [5, 5.41) is 2.86. The lowest BCUT2D eigenvalue weighted by Crippen LogP contribution is -2.04. The maximum absolute atomic E-state index is 14.0. The van der Waals surface area contributed by atoms with Crippen molar-refractivity contribution in [1.82, 2.24) is 9.97 Å². The number of hydrogen-bond donors (Lipinski definition) is 1. The number of hydrogen-bond acceptors (Lipinski definition) is 4. The maximum atomic E-state index is 14.0. The fourth-order valence-corrected chi connectivity index (χ4v) is 1.80. The second kappa shape index (κ2) is 5.92. The first-order valence-corrected chi connectivity index (χ1v) is 6.06. The van der Waals surface area contributed by atoms with Crippen LogP contribution in [0.2, 0.25) is 0 Å². The number of ether oxygens (including phenoxy) is 1. The van der Waals surface area contributed by atoms with E-state index in [0.717, 1.165) is 0 Å². The van der Waals surface area contributed by atoms with Crippen molar-refractivity contribution < 1.29 is 13.5 Å². The number of nitrogens with zero attached hydrogens (tertiary/aromatic N) is 2. The number of halogens is 2. The second-order valence-corrected chi connectivity index (χ2v) is 4.30. The summed E-state index contributed by atoms with van der Waals surface area (Å²) in [4.78, 5) is 8.36. The summed E-state index contributed by atoms with van der Waals surface area (Å²) < 4.78 is 32.6. The van der Waals surface area contributed by atoms with E-state index in [-0.39, 0.29) is 17.7 Å². The lowest BCUT2D eigenvalue weighted by atomic mass is 10.1. The molecule has 1 heterocycles. The molecule has 6 heteroatoms. The van der Waals surface area contributed by atoms with Crippen molar-refractivity contribution in [3.63, 3.8) is 0 Å². The van der Waals surface area contributed by atoms with Crippen LogP contribution in [-0.2, 0) is 11.3 Å². The molecule has 2 rings (SSSR count). The molecule has 2 aromatic rings. The summed E-state index contributed by atoms with van der Waals surface area (Å²) in [6.45, 7) is 1.70. The first-order valence-electron chi connectivity index (χ1n) is 6.06. The molecule has 0 spiro atoms. The molecule has 4 nitrogen and oxygen atoms in total. The maximum Gasteiger partial charge on any atom is 0.168 e. The van der Waals surface area contributed by atoms with Crippen LogP contribution in [0, 0.1) is 18.6 Å². The molecule has 0 atom stereocenters. The highest BCUT2D eigenvalue weighted by Crippen LogP contribution is 2.26. The van der Waals surface area contributed by atoms with Crippen LogP contribution >= 0.6 is 0 Å². The van der Waals surface area contributed by atoms with Crippen molar-refractivity contribution in [3.8, 4) is 11.3 Å². The van der Waals surface area contributed by atoms with Crippen LogP contribution in [0.25, 0.3) is 11.3 Å². The van der Waals surface area contributed by atoms with Gasteiger partial charge in [0.1, 0.15) is 12.4 Å². The summed E-state index contributed by atoms with van der Waals surface area (Å²) in [6.07, 6.45) is 0. The Morgan fingerprint density at radius 1 is 1.20 bits per heavy atom. The summed E-state index contributed by atoms with van der Waals surface area (Å²) in [7, 11) is 3.20. The monoisotopic (exact) mass is 279 g/mol. The number of benzene rings is 1. The molecule has 0 unspecified atom stereocenters. The average Bonchev–Trinajstić information content (AvgIpc) is 2.45. The summed E-state index contributed by atoms with van der Waals surface area (Å²) >= 11 is 0. The van der Waals surface area contributed by atoms with Gasteiger partial charge in [0.25, 0.3) is 0 Å². The average molecular weight is 279 g/mol. The normalized spacial score (nSPS) is 10.7. The van der Waals surface area contributed by atoms with Crippen LogP contribution in [0.1, 0.15) is 11.4 Å². The zero-order chi connectivity index (χ0) is 14.7. The van der Waals surface area contributed by atoms with E-state index in [0.29, 0.717) is 17.3 Å². The van der Waals surface area contributed by atoms with Gasteiger partial charge in [-0.3, -0.25) is 0 Å². The van der Waals surface area contributed by atoms with E-state index in [4.69, 9.17) is 4.74 Å². The lowest BCUT2D eigenvalue weighted by Gasteiger charge is -2.09. The van der Waals surface area contributed by atoms with Gasteiger partial charge in [0.2, 0.25) is 0 Å². The fourth-order valence-electron chi connectivity index (χ4n) is 1.80. The predicted molar refractivity (Wildman–Crippen MR) is 72.4 cm³/mol. The third-order valence-corrected chi connectivity index (χ3v) is 2.85. The molecule has 20 heavy (non-hydrogen) atoms. The zero-order valence-electron chi connectivity index (χ0n) is 11.5. The van der Waals surface area contributed by atoms with Crippen LogP contribution in [0.4, 0.5) is 14.6 Å². The Balaban J connectivity index is 2.57. The van der Waals surface area contributed by atoms with Crippen LogP contribution in [0.3, 0.4) is 0 Å². The number of anilines is 1. The topological polar surface area (TPSA) is 47.0 Å². The number of aryl methyl sites for hydroxylation is 1. The van der Waals surface area contributed by atoms with Gasteiger partial charge < -0.3 is 10.1 Å². The molecule has 0 saturated carbocycles. The van der Waals surface area contributed by atoms with E-state index in [1.807, 2.05) is 0 Å². The van der Waals surface area contributed by atoms with E-state index >= 15 is 0 Å². The molecular formula is C14H15F2N3O. The Morgan fingerprint density at radius 3 is 2.60 bits per heavy atom. The van der Waals surface area contributed by atoms with Crippen molar-refractivity contribution in [1.29, 1.82) is 0 Å². The molecule has 1 aromatic carbocycles. The van der Waals surface area contributed by atoms with Gasteiger partial charge in [0, 0.05) is 25.8 Å². The molecular weight excluding hydrogens is 264 g/mol. The van der Waals surface area contributed by atoms with Gasteiger partial charge in [-0.25, -0.2) is 18.7 Å². The van der Waals surface area contributed by atoms with Crippen molar-refractivity contribution in [2.24, 2.45) is 0 Å². The van der Waals surface area contributed by atoms with Gasteiger partial charge in [0.15, 0.2) is 17.5 Å². The van der Waals surface area contributed by atoms with Crippen LogP contribution in [-0.4, -0.2) is 24.1 Å². The molecule has 0 aliphatic rings. The minimum atomic E-state index is -0.908. The van der Waals surface area contributed by atoms with E-state index in [2.05, 4.69) is 15.3 Å².